The molecule has 3 nitrogen and oxygen atoms in total. The van der Waals surface area contributed by atoms with Gasteiger partial charge in [-0.1, -0.05) is 28.1 Å². The smallest absolute Gasteiger partial charge is 0.258 e. The van der Waals surface area contributed by atoms with Crippen LogP contribution in [0, 0.1) is 18.5 Å². The van der Waals surface area contributed by atoms with Crippen LogP contribution in [0.2, 0.25) is 0 Å². The van der Waals surface area contributed by atoms with Gasteiger partial charge in [-0.15, -0.1) is 0 Å². The van der Waals surface area contributed by atoms with Crippen LogP contribution in [0.15, 0.2) is 34.8 Å². The van der Waals surface area contributed by atoms with Gasteiger partial charge in [0.15, 0.2) is 0 Å². The molecule has 1 heterocycles. The molecule has 0 spiro atoms. The standard InChI is InChI=1S/C14H13BrN2OS/c1-8-7-9(2)16-14(19)12(8)13(18)17-11-5-3-10(15)4-6-11/h3-7H,1-2H3,(H,16,19)(H,17,18). The molecule has 98 valence electrons. The first-order valence-electron chi connectivity index (χ1n) is 5.75. The van der Waals surface area contributed by atoms with Crippen molar-refractivity contribution in [3.63, 3.8) is 0 Å². The summed E-state index contributed by atoms with van der Waals surface area (Å²) in [6, 6.07) is 9.32. The molecule has 2 rings (SSSR count). The maximum atomic E-state index is 12.2. The molecule has 1 amide bonds. The van der Waals surface area contributed by atoms with Crippen LogP contribution in [-0.2, 0) is 0 Å². The highest BCUT2D eigenvalue weighted by Crippen LogP contribution is 2.17. The maximum absolute atomic E-state index is 12.2. The van der Waals surface area contributed by atoms with E-state index in [1.165, 1.54) is 0 Å². The predicted octanol–water partition coefficient (Wildman–Crippen LogP) is 4.38. The molecule has 0 bridgehead atoms. The van der Waals surface area contributed by atoms with E-state index in [0.29, 0.717) is 10.2 Å². The van der Waals surface area contributed by atoms with Crippen LogP contribution in [-0.4, -0.2) is 10.9 Å². The Hall–Kier alpha value is -1.46. The number of pyridine rings is 1. The van der Waals surface area contributed by atoms with Crippen molar-refractivity contribution in [2.45, 2.75) is 13.8 Å². The molecular formula is C14H13BrN2OS. The Morgan fingerprint density at radius 1 is 1.26 bits per heavy atom. The van der Waals surface area contributed by atoms with E-state index in [0.717, 1.165) is 21.4 Å². The van der Waals surface area contributed by atoms with Crippen molar-refractivity contribution in [3.05, 3.63) is 56.3 Å². The number of hydrogen-bond acceptors (Lipinski definition) is 2. The first-order valence-corrected chi connectivity index (χ1v) is 6.95. The Labute approximate surface area is 125 Å². The van der Waals surface area contributed by atoms with Gasteiger partial charge in [0.05, 0.1) is 5.56 Å². The van der Waals surface area contributed by atoms with Crippen molar-refractivity contribution >= 4 is 39.7 Å². The summed E-state index contributed by atoms with van der Waals surface area (Å²) in [5, 5.41) is 2.84. The second kappa shape index (κ2) is 5.67. The first kappa shape index (κ1) is 14.0. The molecule has 0 saturated carbocycles. The average molecular weight is 337 g/mol. The van der Waals surface area contributed by atoms with E-state index in [4.69, 9.17) is 12.2 Å². The molecule has 1 aromatic heterocycles. The third-order valence-electron chi connectivity index (χ3n) is 2.69. The fourth-order valence-corrected chi connectivity index (χ4v) is 2.54. The van der Waals surface area contributed by atoms with Gasteiger partial charge >= 0.3 is 0 Å². The van der Waals surface area contributed by atoms with Gasteiger partial charge in [-0.3, -0.25) is 4.79 Å². The van der Waals surface area contributed by atoms with Gasteiger partial charge in [0.25, 0.3) is 5.91 Å². The lowest BCUT2D eigenvalue weighted by molar-refractivity contribution is 0.102. The monoisotopic (exact) mass is 336 g/mol. The molecule has 1 aromatic carbocycles. The van der Waals surface area contributed by atoms with Crippen LogP contribution < -0.4 is 5.32 Å². The van der Waals surface area contributed by atoms with Crippen LogP contribution in [0.4, 0.5) is 5.69 Å². The fraction of sp³-hybridized carbons (Fsp3) is 0.143. The molecule has 19 heavy (non-hydrogen) atoms. The lowest BCUT2D eigenvalue weighted by atomic mass is 10.1. The zero-order valence-corrected chi connectivity index (χ0v) is 13.0. The number of anilines is 1. The van der Waals surface area contributed by atoms with Crippen LogP contribution >= 0.6 is 28.1 Å². The number of carbonyl (C=O) groups excluding carboxylic acids is 1. The molecule has 0 fully saturated rings. The first-order chi connectivity index (χ1) is 8.97. The molecule has 0 unspecified atom stereocenters. The van der Waals surface area contributed by atoms with E-state index in [1.807, 2.05) is 44.2 Å². The molecule has 0 aliphatic rings. The van der Waals surface area contributed by atoms with Crippen molar-refractivity contribution in [2.24, 2.45) is 0 Å². The molecule has 0 aliphatic carbocycles. The van der Waals surface area contributed by atoms with Crippen molar-refractivity contribution in [3.8, 4) is 0 Å². The molecular weight excluding hydrogens is 324 g/mol. The highest BCUT2D eigenvalue weighted by atomic mass is 79.9. The van der Waals surface area contributed by atoms with Crippen molar-refractivity contribution < 1.29 is 4.79 Å². The van der Waals surface area contributed by atoms with Crippen molar-refractivity contribution in [1.29, 1.82) is 0 Å². The Morgan fingerprint density at radius 3 is 2.47 bits per heavy atom. The summed E-state index contributed by atoms with van der Waals surface area (Å²) < 4.78 is 1.43. The van der Waals surface area contributed by atoms with Crippen LogP contribution in [0.1, 0.15) is 21.6 Å². The minimum Gasteiger partial charge on any atom is -0.350 e. The van der Waals surface area contributed by atoms with Crippen molar-refractivity contribution in [2.75, 3.05) is 5.32 Å². The number of hydrogen-bond donors (Lipinski definition) is 2. The zero-order valence-electron chi connectivity index (χ0n) is 10.6. The topological polar surface area (TPSA) is 44.9 Å². The minimum absolute atomic E-state index is 0.193. The number of aryl methyl sites for hydroxylation is 2. The van der Waals surface area contributed by atoms with Gasteiger partial charge in [-0.25, -0.2) is 0 Å². The van der Waals surface area contributed by atoms with Gasteiger partial charge in [-0.2, -0.15) is 0 Å². The number of H-pyrrole nitrogens is 1. The molecule has 0 saturated heterocycles. The third kappa shape index (κ3) is 3.30. The number of halogens is 1. The Morgan fingerprint density at radius 2 is 1.89 bits per heavy atom. The lowest BCUT2D eigenvalue weighted by Crippen LogP contribution is -2.15. The number of carbonyl (C=O) groups is 1. The molecule has 5 heteroatoms. The van der Waals surface area contributed by atoms with Crippen LogP contribution in [0.5, 0.6) is 0 Å². The number of aromatic nitrogens is 1. The third-order valence-corrected chi connectivity index (χ3v) is 3.53. The SMILES string of the molecule is Cc1cc(C)c(C(=O)Nc2ccc(Br)cc2)c(=S)[nH]1. The highest BCUT2D eigenvalue weighted by Gasteiger charge is 2.12. The summed E-state index contributed by atoms with van der Waals surface area (Å²) in [4.78, 5) is 15.2. The molecule has 0 atom stereocenters. The summed E-state index contributed by atoms with van der Waals surface area (Å²) in [6.07, 6.45) is 0. The number of aromatic amines is 1. The Kier molecular flexibility index (Phi) is 4.17. The van der Waals surface area contributed by atoms with E-state index in [2.05, 4.69) is 26.2 Å². The summed E-state index contributed by atoms with van der Waals surface area (Å²) in [5.41, 5.74) is 3.07. The van der Waals surface area contributed by atoms with Crippen LogP contribution in [0.3, 0.4) is 0 Å². The molecule has 2 aromatic rings. The van der Waals surface area contributed by atoms with E-state index in [9.17, 15) is 4.79 Å². The van der Waals surface area contributed by atoms with Gasteiger partial charge in [0.1, 0.15) is 4.64 Å². The fourth-order valence-electron chi connectivity index (χ4n) is 1.86. The quantitative estimate of drug-likeness (QED) is 0.799. The maximum Gasteiger partial charge on any atom is 0.258 e. The van der Waals surface area contributed by atoms with Crippen LogP contribution in [0.25, 0.3) is 0 Å². The summed E-state index contributed by atoms with van der Waals surface area (Å²) >= 11 is 8.57. The lowest BCUT2D eigenvalue weighted by Gasteiger charge is -2.09. The highest BCUT2D eigenvalue weighted by molar-refractivity contribution is 9.10. The number of nitrogens with one attached hydrogen (secondary N) is 2. The minimum atomic E-state index is -0.193. The van der Waals surface area contributed by atoms with Gasteiger partial charge in [0.2, 0.25) is 0 Å². The largest absolute Gasteiger partial charge is 0.350 e. The molecule has 0 radical (unpaired) electrons. The molecule has 2 N–H and O–H groups in total. The number of amides is 1. The van der Waals surface area contributed by atoms with E-state index < -0.39 is 0 Å². The van der Waals surface area contributed by atoms with Gasteiger partial charge < -0.3 is 10.3 Å². The normalized spacial score (nSPS) is 10.3. The number of benzene rings is 1. The summed E-state index contributed by atoms with van der Waals surface area (Å²) in [5.74, 6) is -0.193. The van der Waals surface area contributed by atoms with Crippen molar-refractivity contribution in [1.82, 2.24) is 4.98 Å². The second-order valence-electron chi connectivity index (χ2n) is 4.30. The molecule has 0 aliphatic heterocycles. The Balaban J connectivity index is 2.30. The Bertz CT molecular complexity index is 677. The van der Waals surface area contributed by atoms with E-state index in [1.54, 1.807) is 0 Å². The van der Waals surface area contributed by atoms with E-state index in [-0.39, 0.29) is 5.91 Å². The summed E-state index contributed by atoms with van der Waals surface area (Å²) in [7, 11) is 0. The zero-order chi connectivity index (χ0) is 14.0. The summed E-state index contributed by atoms with van der Waals surface area (Å²) in [6.45, 7) is 3.80. The van der Waals surface area contributed by atoms with Gasteiger partial charge in [0, 0.05) is 15.9 Å². The predicted molar refractivity (Wildman–Crippen MR) is 83.2 cm³/mol. The van der Waals surface area contributed by atoms with Gasteiger partial charge in [-0.05, 0) is 49.7 Å². The number of rotatable bonds is 2. The second-order valence-corrected chi connectivity index (χ2v) is 5.62. The average Bonchev–Trinajstić information content (AvgIpc) is 2.30. The van der Waals surface area contributed by atoms with E-state index >= 15 is 0 Å².